The fourth-order valence-electron chi connectivity index (χ4n) is 3.06. The number of pyridine rings is 1. The van der Waals surface area contributed by atoms with E-state index in [0.29, 0.717) is 12.1 Å². The normalized spacial score (nSPS) is 18.7. The zero-order valence-corrected chi connectivity index (χ0v) is 13.5. The fourth-order valence-corrected chi connectivity index (χ4v) is 3.06. The van der Waals surface area contributed by atoms with Crippen LogP contribution in [-0.4, -0.2) is 46.9 Å². The summed E-state index contributed by atoms with van der Waals surface area (Å²) in [7, 11) is 0. The van der Waals surface area contributed by atoms with Crippen molar-refractivity contribution in [2.75, 3.05) is 26.2 Å². The van der Waals surface area contributed by atoms with E-state index >= 15 is 0 Å². The van der Waals surface area contributed by atoms with Crippen LogP contribution < -0.4 is 0 Å². The minimum absolute atomic E-state index is 0.0906. The Kier molecular flexibility index (Phi) is 5.91. The molecule has 5 nitrogen and oxygen atoms in total. The van der Waals surface area contributed by atoms with Gasteiger partial charge in [0, 0.05) is 32.4 Å². The van der Waals surface area contributed by atoms with Gasteiger partial charge in [-0.2, -0.15) is 5.26 Å². The number of carbonyl (C=O) groups is 1. The van der Waals surface area contributed by atoms with Crippen LogP contribution in [0.5, 0.6) is 0 Å². The predicted molar refractivity (Wildman–Crippen MR) is 84.9 cm³/mol. The molecule has 0 saturated carbocycles. The third kappa shape index (κ3) is 4.05. The highest BCUT2D eigenvalue weighted by molar-refractivity contribution is 5.79. The van der Waals surface area contributed by atoms with Crippen LogP contribution in [0.1, 0.15) is 37.9 Å². The van der Waals surface area contributed by atoms with Gasteiger partial charge in [-0.15, -0.1) is 0 Å². The summed E-state index contributed by atoms with van der Waals surface area (Å²) in [6.07, 6.45) is 3.68. The van der Waals surface area contributed by atoms with Crippen LogP contribution in [0.4, 0.5) is 0 Å². The molecule has 1 amide bonds. The van der Waals surface area contributed by atoms with Crippen molar-refractivity contribution < 1.29 is 4.79 Å². The first kappa shape index (κ1) is 16.4. The third-order valence-corrected chi connectivity index (χ3v) is 4.26. The van der Waals surface area contributed by atoms with E-state index in [4.69, 9.17) is 5.26 Å². The lowest BCUT2D eigenvalue weighted by molar-refractivity contribution is -0.137. The second kappa shape index (κ2) is 7.90. The number of nitriles is 1. The molecule has 1 aliphatic heterocycles. The highest BCUT2D eigenvalue weighted by Crippen LogP contribution is 2.20. The van der Waals surface area contributed by atoms with E-state index in [-0.39, 0.29) is 11.8 Å². The van der Waals surface area contributed by atoms with Crippen molar-refractivity contribution >= 4 is 5.91 Å². The molecule has 1 aromatic heterocycles. The Bertz CT molecular complexity index is 548. The molecule has 2 heterocycles. The topological polar surface area (TPSA) is 60.2 Å². The van der Waals surface area contributed by atoms with Crippen LogP contribution in [0.3, 0.4) is 0 Å². The molecule has 22 heavy (non-hydrogen) atoms. The molecular formula is C17H24N4O. The molecule has 1 aromatic rings. The summed E-state index contributed by atoms with van der Waals surface area (Å²) in [6, 6.07) is 5.69. The van der Waals surface area contributed by atoms with E-state index in [9.17, 15) is 4.79 Å². The van der Waals surface area contributed by atoms with Gasteiger partial charge < -0.3 is 4.90 Å². The van der Waals surface area contributed by atoms with Crippen molar-refractivity contribution in [2.45, 2.75) is 33.2 Å². The van der Waals surface area contributed by atoms with Gasteiger partial charge >= 0.3 is 0 Å². The van der Waals surface area contributed by atoms with Gasteiger partial charge in [0.2, 0.25) is 5.91 Å². The number of aromatic nitrogens is 1. The molecule has 0 N–H and O–H groups in total. The molecule has 0 radical (unpaired) electrons. The summed E-state index contributed by atoms with van der Waals surface area (Å²) < 4.78 is 0. The maximum Gasteiger partial charge on any atom is 0.226 e. The molecule has 1 unspecified atom stereocenters. The van der Waals surface area contributed by atoms with Gasteiger partial charge in [0.1, 0.15) is 0 Å². The number of hydrogen-bond acceptors (Lipinski definition) is 4. The van der Waals surface area contributed by atoms with Crippen LogP contribution in [0.25, 0.3) is 0 Å². The highest BCUT2D eigenvalue weighted by atomic mass is 16.2. The lowest BCUT2D eigenvalue weighted by Crippen LogP contribution is -2.44. The number of rotatable bonds is 5. The van der Waals surface area contributed by atoms with Gasteiger partial charge in [0.15, 0.2) is 0 Å². The van der Waals surface area contributed by atoms with E-state index in [2.05, 4.69) is 16.0 Å². The molecule has 1 saturated heterocycles. The molecule has 1 aliphatic rings. The molecule has 1 fully saturated rings. The first-order chi connectivity index (χ1) is 10.7. The van der Waals surface area contributed by atoms with Crippen molar-refractivity contribution in [2.24, 2.45) is 5.92 Å². The van der Waals surface area contributed by atoms with Gasteiger partial charge in [0.25, 0.3) is 0 Å². The SMILES string of the molecule is CCN(CC)C(=O)C1CCCN(Cc2cc(C#N)ccn2)C1. The van der Waals surface area contributed by atoms with E-state index in [1.807, 2.05) is 24.8 Å². The Balaban J connectivity index is 1.98. The average molecular weight is 300 g/mol. The van der Waals surface area contributed by atoms with Crippen LogP contribution >= 0.6 is 0 Å². The summed E-state index contributed by atoms with van der Waals surface area (Å²) in [5, 5.41) is 8.96. The molecule has 2 rings (SSSR count). The first-order valence-electron chi connectivity index (χ1n) is 8.04. The number of nitrogens with zero attached hydrogens (tertiary/aromatic N) is 4. The second-order valence-electron chi connectivity index (χ2n) is 5.73. The van der Waals surface area contributed by atoms with Crippen molar-refractivity contribution in [1.82, 2.24) is 14.8 Å². The third-order valence-electron chi connectivity index (χ3n) is 4.26. The molecule has 118 valence electrons. The summed E-state index contributed by atoms with van der Waals surface area (Å²) in [5.41, 5.74) is 1.53. The zero-order chi connectivity index (χ0) is 15.9. The highest BCUT2D eigenvalue weighted by Gasteiger charge is 2.28. The molecule has 0 spiro atoms. The fraction of sp³-hybridized carbons (Fsp3) is 0.588. The van der Waals surface area contributed by atoms with Crippen LogP contribution in [0.2, 0.25) is 0 Å². The van der Waals surface area contributed by atoms with Crippen LogP contribution in [0.15, 0.2) is 18.3 Å². The molecule has 0 aliphatic carbocycles. The van der Waals surface area contributed by atoms with Crippen molar-refractivity contribution in [3.63, 3.8) is 0 Å². The second-order valence-corrected chi connectivity index (χ2v) is 5.73. The maximum absolute atomic E-state index is 12.5. The Labute approximate surface area is 132 Å². The molecular weight excluding hydrogens is 276 g/mol. The zero-order valence-electron chi connectivity index (χ0n) is 13.5. The van der Waals surface area contributed by atoms with Crippen molar-refractivity contribution in [3.05, 3.63) is 29.6 Å². The molecule has 0 bridgehead atoms. The summed E-state index contributed by atoms with van der Waals surface area (Å²) in [6.45, 7) is 8.08. The molecule has 1 atom stereocenters. The van der Waals surface area contributed by atoms with Crippen LogP contribution in [-0.2, 0) is 11.3 Å². The van der Waals surface area contributed by atoms with E-state index < -0.39 is 0 Å². The summed E-state index contributed by atoms with van der Waals surface area (Å²) >= 11 is 0. The maximum atomic E-state index is 12.5. The monoisotopic (exact) mass is 300 g/mol. The number of amides is 1. The predicted octanol–water partition coefficient (Wildman–Crippen LogP) is 2.03. The van der Waals surface area contributed by atoms with Gasteiger partial charge in [-0.1, -0.05) is 0 Å². The van der Waals surface area contributed by atoms with Gasteiger partial charge in [-0.05, 0) is 45.4 Å². The lowest BCUT2D eigenvalue weighted by atomic mass is 9.96. The van der Waals surface area contributed by atoms with E-state index in [1.165, 1.54) is 0 Å². The Hall–Kier alpha value is -1.93. The lowest BCUT2D eigenvalue weighted by Gasteiger charge is -2.34. The Morgan fingerprint density at radius 2 is 2.27 bits per heavy atom. The van der Waals surface area contributed by atoms with Crippen LogP contribution in [0, 0.1) is 17.2 Å². The first-order valence-corrected chi connectivity index (χ1v) is 8.04. The van der Waals surface area contributed by atoms with Gasteiger partial charge in [-0.3, -0.25) is 14.7 Å². The molecule has 5 heteroatoms. The van der Waals surface area contributed by atoms with E-state index in [0.717, 1.165) is 44.7 Å². The largest absolute Gasteiger partial charge is 0.343 e. The standard InChI is InChI=1S/C17H24N4O/c1-3-21(4-2)17(22)15-6-5-9-20(12-15)13-16-10-14(11-18)7-8-19-16/h7-8,10,15H,3-6,9,12-13H2,1-2H3. The van der Waals surface area contributed by atoms with Crippen molar-refractivity contribution in [3.8, 4) is 6.07 Å². The van der Waals surface area contributed by atoms with E-state index in [1.54, 1.807) is 12.3 Å². The number of hydrogen-bond donors (Lipinski definition) is 0. The number of likely N-dealkylation sites (tertiary alicyclic amines) is 1. The molecule has 0 aromatic carbocycles. The van der Waals surface area contributed by atoms with Crippen molar-refractivity contribution in [1.29, 1.82) is 5.26 Å². The minimum Gasteiger partial charge on any atom is -0.343 e. The number of carbonyl (C=O) groups excluding carboxylic acids is 1. The number of piperidine rings is 1. The summed E-state index contributed by atoms with van der Waals surface area (Å²) in [5.74, 6) is 0.362. The average Bonchev–Trinajstić information content (AvgIpc) is 2.56. The smallest absolute Gasteiger partial charge is 0.226 e. The van der Waals surface area contributed by atoms with Gasteiger partial charge in [-0.25, -0.2) is 0 Å². The quantitative estimate of drug-likeness (QED) is 0.835. The minimum atomic E-state index is 0.0906. The Morgan fingerprint density at radius 3 is 2.95 bits per heavy atom. The Morgan fingerprint density at radius 1 is 1.50 bits per heavy atom. The van der Waals surface area contributed by atoms with Gasteiger partial charge in [0.05, 0.1) is 23.2 Å². The summed E-state index contributed by atoms with van der Waals surface area (Å²) in [4.78, 5) is 21.0.